The van der Waals surface area contributed by atoms with Crippen molar-refractivity contribution in [3.05, 3.63) is 35.4 Å². The molecule has 0 bridgehead atoms. The van der Waals surface area contributed by atoms with E-state index >= 15 is 0 Å². The van der Waals surface area contributed by atoms with Gasteiger partial charge in [0.15, 0.2) is 0 Å². The fourth-order valence-corrected chi connectivity index (χ4v) is 3.25. The molecule has 132 valence electrons. The van der Waals surface area contributed by atoms with Gasteiger partial charge in [0.2, 0.25) is 0 Å². The number of nitrogens with zero attached hydrogens (tertiary/aromatic N) is 2. The minimum absolute atomic E-state index is 0.00833. The van der Waals surface area contributed by atoms with Gasteiger partial charge in [0.05, 0.1) is 0 Å². The van der Waals surface area contributed by atoms with Crippen LogP contribution in [0.2, 0.25) is 0 Å². The smallest absolute Gasteiger partial charge is 0.253 e. The molecular weight excluding hydrogens is 302 g/mol. The highest BCUT2D eigenvalue weighted by molar-refractivity contribution is 5.97. The van der Waals surface area contributed by atoms with E-state index in [2.05, 4.69) is 0 Å². The van der Waals surface area contributed by atoms with E-state index in [0.29, 0.717) is 30.1 Å². The van der Waals surface area contributed by atoms with E-state index in [4.69, 9.17) is 5.73 Å². The summed E-state index contributed by atoms with van der Waals surface area (Å²) in [5.74, 6) is 0.405. The molecular formula is C19H29N3O2. The molecule has 1 aliphatic heterocycles. The molecule has 1 aromatic rings. The van der Waals surface area contributed by atoms with Crippen LogP contribution in [-0.4, -0.2) is 53.8 Å². The molecule has 1 aromatic carbocycles. The number of carbonyl (C=O) groups is 2. The summed E-state index contributed by atoms with van der Waals surface area (Å²) < 4.78 is 0. The third kappa shape index (κ3) is 4.15. The number of rotatable bonds is 5. The first kappa shape index (κ1) is 18.5. The van der Waals surface area contributed by atoms with Crippen molar-refractivity contribution in [1.82, 2.24) is 9.80 Å². The maximum absolute atomic E-state index is 12.7. The van der Waals surface area contributed by atoms with Crippen molar-refractivity contribution in [2.24, 2.45) is 11.7 Å². The highest BCUT2D eigenvalue weighted by Gasteiger charge is 2.26. The second-order valence-electron chi connectivity index (χ2n) is 6.57. The van der Waals surface area contributed by atoms with Crippen LogP contribution >= 0.6 is 0 Å². The average Bonchev–Trinajstić information content (AvgIpc) is 2.62. The first-order chi connectivity index (χ1) is 11.5. The van der Waals surface area contributed by atoms with Crippen LogP contribution in [0, 0.1) is 5.92 Å². The topological polar surface area (TPSA) is 66.6 Å². The van der Waals surface area contributed by atoms with Crippen LogP contribution in [0.1, 0.15) is 54.3 Å². The normalized spacial score (nSPS) is 19.0. The molecule has 5 nitrogen and oxygen atoms in total. The maximum atomic E-state index is 12.7. The van der Waals surface area contributed by atoms with Crippen LogP contribution in [0.25, 0.3) is 0 Å². The molecule has 5 heteroatoms. The van der Waals surface area contributed by atoms with Gasteiger partial charge in [-0.05, 0) is 63.8 Å². The minimum Gasteiger partial charge on any atom is -0.339 e. The summed E-state index contributed by atoms with van der Waals surface area (Å²) in [6, 6.07) is 7.12. The van der Waals surface area contributed by atoms with Crippen LogP contribution in [0.15, 0.2) is 24.3 Å². The number of amides is 2. The highest BCUT2D eigenvalue weighted by Crippen LogP contribution is 2.21. The summed E-state index contributed by atoms with van der Waals surface area (Å²) >= 11 is 0. The first-order valence-electron chi connectivity index (χ1n) is 8.92. The molecule has 2 amide bonds. The van der Waals surface area contributed by atoms with E-state index in [1.54, 1.807) is 29.2 Å². The van der Waals surface area contributed by atoms with Gasteiger partial charge in [-0.15, -0.1) is 0 Å². The second-order valence-corrected chi connectivity index (χ2v) is 6.57. The van der Waals surface area contributed by atoms with E-state index in [9.17, 15) is 9.59 Å². The standard InChI is InChI=1S/C19H29N3O2/c1-4-21(5-2)18(23)15-8-10-16(11-9-15)19(24)22-12-6-7-17(13-22)14(3)20/h8-11,14,17H,4-7,12-13,20H2,1-3H3. The van der Waals surface area contributed by atoms with Crippen LogP contribution in [0.5, 0.6) is 0 Å². The lowest BCUT2D eigenvalue weighted by Crippen LogP contribution is -2.45. The number of piperidine rings is 1. The molecule has 2 N–H and O–H groups in total. The van der Waals surface area contributed by atoms with Crippen molar-refractivity contribution >= 4 is 11.8 Å². The molecule has 2 atom stereocenters. The lowest BCUT2D eigenvalue weighted by Gasteiger charge is -2.34. The quantitative estimate of drug-likeness (QED) is 0.901. The molecule has 24 heavy (non-hydrogen) atoms. The first-order valence-corrected chi connectivity index (χ1v) is 8.92. The Bertz CT molecular complexity index is 564. The van der Waals surface area contributed by atoms with Crippen molar-refractivity contribution in [3.63, 3.8) is 0 Å². The molecule has 0 radical (unpaired) electrons. The van der Waals surface area contributed by atoms with E-state index in [-0.39, 0.29) is 17.9 Å². The number of hydrogen-bond acceptors (Lipinski definition) is 3. The Kier molecular flexibility index (Phi) is 6.37. The SMILES string of the molecule is CCN(CC)C(=O)c1ccc(C(=O)N2CCCC(C(C)N)C2)cc1. The largest absolute Gasteiger partial charge is 0.339 e. The predicted octanol–water partition coefficient (Wildman–Crippen LogP) is 2.37. The predicted molar refractivity (Wildman–Crippen MR) is 96.0 cm³/mol. The Morgan fingerprint density at radius 2 is 1.79 bits per heavy atom. The van der Waals surface area contributed by atoms with Crippen molar-refractivity contribution in [3.8, 4) is 0 Å². The zero-order valence-corrected chi connectivity index (χ0v) is 15.0. The molecule has 0 aromatic heterocycles. The fourth-order valence-electron chi connectivity index (χ4n) is 3.25. The zero-order valence-electron chi connectivity index (χ0n) is 15.0. The van der Waals surface area contributed by atoms with Gasteiger partial charge in [0, 0.05) is 43.3 Å². The van der Waals surface area contributed by atoms with E-state index in [0.717, 1.165) is 25.9 Å². The molecule has 1 saturated heterocycles. The van der Waals surface area contributed by atoms with Gasteiger partial charge in [0.1, 0.15) is 0 Å². The minimum atomic E-state index is 0.00833. The van der Waals surface area contributed by atoms with Gasteiger partial charge in [-0.1, -0.05) is 0 Å². The van der Waals surface area contributed by atoms with Crippen molar-refractivity contribution in [2.75, 3.05) is 26.2 Å². The average molecular weight is 331 g/mol. The zero-order chi connectivity index (χ0) is 17.7. The number of likely N-dealkylation sites (tertiary alicyclic amines) is 1. The molecule has 1 heterocycles. The summed E-state index contributed by atoms with van der Waals surface area (Å²) in [5, 5.41) is 0. The Hall–Kier alpha value is -1.88. The maximum Gasteiger partial charge on any atom is 0.253 e. The van der Waals surface area contributed by atoms with Gasteiger partial charge in [-0.2, -0.15) is 0 Å². The van der Waals surface area contributed by atoms with Crippen LogP contribution in [-0.2, 0) is 0 Å². The summed E-state index contributed by atoms with van der Waals surface area (Å²) in [6.07, 6.45) is 2.08. The fraction of sp³-hybridized carbons (Fsp3) is 0.579. The highest BCUT2D eigenvalue weighted by atomic mass is 16.2. The monoisotopic (exact) mass is 331 g/mol. The van der Waals surface area contributed by atoms with Crippen molar-refractivity contribution < 1.29 is 9.59 Å². The molecule has 0 aliphatic carbocycles. The van der Waals surface area contributed by atoms with Gasteiger partial charge < -0.3 is 15.5 Å². The third-order valence-electron chi connectivity index (χ3n) is 4.92. The van der Waals surface area contributed by atoms with Gasteiger partial charge in [0.25, 0.3) is 11.8 Å². The van der Waals surface area contributed by atoms with Crippen LogP contribution in [0.3, 0.4) is 0 Å². The van der Waals surface area contributed by atoms with Gasteiger partial charge >= 0.3 is 0 Å². The number of carbonyl (C=O) groups excluding carboxylic acids is 2. The molecule has 0 saturated carbocycles. The lowest BCUT2D eigenvalue weighted by molar-refractivity contribution is 0.0659. The summed E-state index contributed by atoms with van der Waals surface area (Å²) in [4.78, 5) is 28.7. The summed E-state index contributed by atoms with van der Waals surface area (Å²) in [6.45, 7) is 8.80. The molecule has 0 spiro atoms. The van der Waals surface area contributed by atoms with Crippen molar-refractivity contribution in [1.29, 1.82) is 0 Å². The summed E-state index contributed by atoms with van der Waals surface area (Å²) in [5.41, 5.74) is 7.26. The molecule has 1 fully saturated rings. The van der Waals surface area contributed by atoms with Gasteiger partial charge in [-0.3, -0.25) is 9.59 Å². The Balaban J connectivity index is 2.07. The Labute approximate surface area is 144 Å². The van der Waals surface area contributed by atoms with E-state index < -0.39 is 0 Å². The molecule has 2 rings (SSSR count). The Morgan fingerprint density at radius 3 is 2.33 bits per heavy atom. The van der Waals surface area contributed by atoms with E-state index in [1.165, 1.54) is 0 Å². The molecule has 2 unspecified atom stereocenters. The van der Waals surface area contributed by atoms with Gasteiger partial charge in [-0.25, -0.2) is 0 Å². The number of benzene rings is 1. The lowest BCUT2D eigenvalue weighted by atomic mass is 9.92. The van der Waals surface area contributed by atoms with Crippen molar-refractivity contribution in [2.45, 2.75) is 39.7 Å². The molecule has 1 aliphatic rings. The number of hydrogen-bond donors (Lipinski definition) is 1. The van der Waals surface area contributed by atoms with Crippen LogP contribution < -0.4 is 5.73 Å². The van der Waals surface area contributed by atoms with Crippen LogP contribution in [0.4, 0.5) is 0 Å². The van der Waals surface area contributed by atoms with E-state index in [1.807, 2.05) is 25.7 Å². The summed E-state index contributed by atoms with van der Waals surface area (Å²) in [7, 11) is 0. The number of nitrogens with two attached hydrogens (primary N) is 1. The Morgan fingerprint density at radius 1 is 1.21 bits per heavy atom. The second kappa shape index (κ2) is 8.29. The third-order valence-corrected chi connectivity index (χ3v) is 4.92.